The smallest absolute Gasteiger partial charge is 0.228 e. The minimum absolute atomic E-state index is 0.192. The van der Waals surface area contributed by atoms with Crippen LogP contribution >= 0.6 is 0 Å². The van der Waals surface area contributed by atoms with E-state index in [0.29, 0.717) is 13.0 Å². The third kappa shape index (κ3) is 7.09. The highest BCUT2D eigenvalue weighted by Gasteiger charge is 2.31. The molecule has 3 rings (SSSR count). The van der Waals surface area contributed by atoms with Gasteiger partial charge in [-0.25, -0.2) is 0 Å². The van der Waals surface area contributed by atoms with Gasteiger partial charge in [0, 0.05) is 19.6 Å². The zero-order chi connectivity index (χ0) is 22.8. The predicted octanol–water partition coefficient (Wildman–Crippen LogP) is 5.97. The summed E-state index contributed by atoms with van der Waals surface area (Å²) >= 11 is 0. The molecule has 0 saturated carbocycles. The molecular formula is C28H40N2O2. The van der Waals surface area contributed by atoms with E-state index in [9.17, 15) is 4.79 Å². The highest BCUT2D eigenvalue weighted by atomic mass is 16.5. The molecule has 4 heteroatoms. The van der Waals surface area contributed by atoms with Crippen LogP contribution in [0, 0.1) is 6.92 Å². The number of rotatable bonds is 11. The number of methoxy groups -OCH3 is 1. The summed E-state index contributed by atoms with van der Waals surface area (Å²) in [6, 6.07) is 16.5. The van der Waals surface area contributed by atoms with Crippen LogP contribution in [-0.2, 0) is 17.8 Å². The first kappa shape index (κ1) is 24.3. The van der Waals surface area contributed by atoms with Gasteiger partial charge in [0.15, 0.2) is 0 Å². The molecule has 1 saturated heterocycles. The van der Waals surface area contributed by atoms with E-state index in [0.717, 1.165) is 30.8 Å². The Kier molecular flexibility index (Phi) is 9.61. The van der Waals surface area contributed by atoms with Crippen molar-refractivity contribution in [2.45, 2.75) is 77.9 Å². The van der Waals surface area contributed by atoms with Crippen LogP contribution in [0.4, 0.5) is 0 Å². The molecule has 2 aromatic carbocycles. The number of aryl methyl sites for hydroxylation is 1. The molecule has 174 valence electrons. The Labute approximate surface area is 194 Å². The molecule has 0 aromatic heterocycles. The molecule has 1 aliphatic rings. The summed E-state index contributed by atoms with van der Waals surface area (Å²) in [6.45, 7) is 7.22. The summed E-state index contributed by atoms with van der Waals surface area (Å²) in [5.41, 5.74) is 3.49. The summed E-state index contributed by atoms with van der Waals surface area (Å²) in [7, 11) is 1.67. The SMILES string of the molecule is CCCCCCN1CCCCC1N(Cc1ccc(C)cc1)C(=O)Cc1ccc(OC)cc1. The van der Waals surface area contributed by atoms with Gasteiger partial charge in [0.05, 0.1) is 19.7 Å². The van der Waals surface area contributed by atoms with Crippen LogP contribution in [0.1, 0.15) is 68.6 Å². The number of hydrogen-bond donors (Lipinski definition) is 0. The van der Waals surface area contributed by atoms with E-state index in [4.69, 9.17) is 4.74 Å². The first-order chi connectivity index (χ1) is 15.6. The monoisotopic (exact) mass is 436 g/mol. The zero-order valence-electron chi connectivity index (χ0n) is 20.2. The lowest BCUT2D eigenvalue weighted by atomic mass is 10.0. The average molecular weight is 437 g/mol. The number of unbranched alkanes of at least 4 members (excludes halogenated alkanes) is 3. The fourth-order valence-electron chi connectivity index (χ4n) is 4.60. The number of nitrogens with zero attached hydrogens (tertiary/aromatic N) is 2. The van der Waals surface area contributed by atoms with E-state index in [2.05, 4.69) is 47.9 Å². The molecule has 0 spiro atoms. The van der Waals surface area contributed by atoms with Gasteiger partial charge >= 0.3 is 0 Å². The average Bonchev–Trinajstić information content (AvgIpc) is 2.82. The molecule has 0 radical (unpaired) electrons. The first-order valence-corrected chi connectivity index (χ1v) is 12.3. The summed E-state index contributed by atoms with van der Waals surface area (Å²) in [5.74, 6) is 1.03. The van der Waals surface area contributed by atoms with Crippen LogP contribution in [0.5, 0.6) is 5.75 Å². The fraction of sp³-hybridized carbons (Fsp3) is 0.536. The van der Waals surface area contributed by atoms with Crippen molar-refractivity contribution in [2.24, 2.45) is 0 Å². The number of piperidine rings is 1. The lowest BCUT2D eigenvalue weighted by Gasteiger charge is -2.43. The Balaban J connectivity index is 1.77. The molecular weight excluding hydrogens is 396 g/mol. The summed E-state index contributed by atoms with van der Waals surface area (Å²) in [6.07, 6.45) is 9.14. The van der Waals surface area contributed by atoms with Gasteiger partial charge in [-0.15, -0.1) is 0 Å². The predicted molar refractivity (Wildman–Crippen MR) is 132 cm³/mol. The number of ether oxygens (including phenoxy) is 1. The van der Waals surface area contributed by atoms with Crippen LogP contribution in [-0.4, -0.2) is 42.1 Å². The van der Waals surface area contributed by atoms with Crippen molar-refractivity contribution in [2.75, 3.05) is 20.2 Å². The minimum Gasteiger partial charge on any atom is -0.497 e. The highest BCUT2D eigenvalue weighted by Crippen LogP contribution is 2.24. The Morgan fingerprint density at radius 3 is 2.41 bits per heavy atom. The van der Waals surface area contributed by atoms with Crippen LogP contribution in [0.15, 0.2) is 48.5 Å². The Morgan fingerprint density at radius 2 is 1.72 bits per heavy atom. The van der Waals surface area contributed by atoms with Crippen molar-refractivity contribution < 1.29 is 9.53 Å². The molecule has 32 heavy (non-hydrogen) atoms. The highest BCUT2D eigenvalue weighted by molar-refractivity contribution is 5.79. The molecule has 1 unspecified atom stereocenters. The second kappa shape index (κ2) is 12.6. The number of carbonyl (C=O) groups is 1. The van der Waals surface area contributed by atoms with E-state index in [1.54, 1.807) is 7.11 Å². The van der Waals surface area contributed by atoms with E-state index in [-0.39, 0.29) is 12.1 Å². The number of benzene rings is 2. The number of amides is 1. The lowest BCUT2D eigenvalue weighted by molar-refractivity contribution is -0.139. The standard InChI is InChI=1S/C28H40N2O2/c1-4-5-6-8-19-29-20-9-7-10-27(29)30(22-25-13-11-23(2)12-14-25)28(31)21-24-15-17-26(32-3)18-16-24/h11-18,27H,4-10,19-22H2,1-3H3. The van der Waals surface area contributed by atoms with E-state index in [1.165, 1.54) is 49.7 Å². The van der Waals surface area contributed by atoms with Crippen LogP contribution in [0.3, 0.4) is 0 Å². The maximum absolute atomic E-state index is 13.6. The molecule has 0 bridgehead atoms. The second-order valence-corrected chi connectivity index (χ2v) is 9.11. The van der Waals surface area contributed by atoms with Crippen molar-refractivity contribution in [3.63, 3.8) is 0 Å². The van der Waals surface area contributed by atoms with Gasteiger partial charge in [0.25, 0.3) is 0 Å². The molecule has 2 aromatic rings. The Morgan fingerprint density at radius 1 is 1.00 bits per heavy atom. The van der Waals surface area contributed by atoms with Crippen molar-refractivity contribution in [1.82, 2.24) is 9.80 Å². The normalized spacial score (nSPS) is 16.7. The van der Waals surface area contributed by atoms with Gasteiger partial charge in [-0.3, -0.25) is 9.69 Å². The topological polar surface area (TPSA) is 32.8 Å². The molecule has 0 N–H and O–H groups in total. The van der Waals surface area contributed by atoms with Crippen molar-refractivity contribution >= 4 is 5.91 Å². The maximum atomic E-state index is 13.6. The fourth-order valence-corrected chi connectivity index (χ4v) is 4.60. The van der Waals surface area contributed by atoms with E-state index < -0.39 is 0 Å². The summed E-state index contributed by atoms with van der Waals surface area (Å²) in [4.78, 5) is 18.3. The maximum Gasteiger partial charge on any atom is 0.228 e. The third-order valence-corrected chi connectivity index (χ3v) is 6.55. The Hall–Kier alpha value is -2.33. The van der Waals surface area contributed by atoms with Gasteiger partial charge in [0.1, 0.15) is 5.75 Å². The van der Waals surface area contributed by atoms with Gasteiger partial charge in [0.2, 0.25) is 5.91 Å². The second-order valence-electron chi connectivity index (χ2n) is 9.11. The quantitative estimate of drug-likeness (QED) is 0.407. The van der Waals surface area contributed by atoms with Gasteiger partial charge in [-0.05, 0) is 55.9 Å². The Bertz CT molecular complexity index is 816. The summed E-state index contributed by atoms with van der Waals surface area (Å²) < 4.78 is 5.27. The number of likely N-dealkylation sites (tertiary alicyclic amines) is 1. The number of hydrogen-bond acceptors (Lipinski definition) is 3. The molecule has 1 fully saturated rings. The summed E-state index contributed by atoms with van der Waals surface area (Å²) in [5, 5.41) is 0. The van der Waals surface area contributed by atoms with Crippen LogP contribution in [0.25, 0.3) is 0 Å². The van der Waals surface area contributed by atoms with Crippen LogP contribution < -0.4 is 4.74 Å². The van der Waals surface area contributed by atoms with Crippen LogP contribution in [0.2, 0.25) is 0 Å². The molecule has 1 heterocycles. The third-order valence-electron chi connectivity index (χ3n) is 6.55. The van der Waals surface area contributed by atoms with Crippen molar-refractivity contribution in [3.8, 4) is 5.75 Å². The van der Waals surface area contributed by atoms with Gasteiger partial charge in [-0.2, -0.15) is 0 Å². The van der Waals surface area contributed by atoms with Gasteiger partial charge in [-0.1, -0.05) is 68.1 Å². The molecule has 1 amide bonds. The first-order valence-electron chi connectivity index (χ1n) is 12.3. The molecule has 0 aliphatic carbocycles. The zero-order valence-corrected chi connectivity index (χ0v) is 20.2. The van der Waals surface area contributed by atoms with Crippen molar-refractivity contribution in [3.05, 3.63) is 65.2 Å². The van der Waals surface area contributed by atoms with Crippen molar-refractivity contribution in [1.29, 1.82) is 0 Å². The molecule has 1 aliphatic heterocycles. The molecule has 1 atom stereocenters. The number of carbonyl (C=O) groups excluding carboxylic acids is 1. The van der Waals surface area contributed by atoms with E-state index >= 15 is 0 Å². The largest absolute Gasteiger partial charge is 0.497 e. The lowest BCUT2D eigenvalue weighted by Crippen LogP contribution is -2.53. The van der Waals surface area contributed by atoms with E-state index in [1.807, 2.05) is 24.3 Å². The van der Waals surface area contributed by atoms with Gasteiger partial charge < -0.3 is 9.64 Å². The molecule has 4 nitrogen and oxygen atoms in total. The minimum atomic E-state index is 0.192.